The van der Waals surface area contributed by atoms with Gasteiger partial charge in [0.15, 0.2) is 0 Å². The smallest absolute Gasteiger partial charge is 0.137 e. The van der Waals surface area contributed by atoms with Crippen molar-refractivity contribution in [3.8, 4) is 56.3 Å². The summed E-state index contributed by atoms with van der Waals surface area (Å²) in [5.74, 6) is 4.17. The van der Waals surface area contributed by atoms with E-state index in [2.05, 4.69) is 216 Å². The van der Waals surface area contributed by atoms with Crippen molar-refractivity contribution in [1.82, 2.24) is 19.1 Å². The van der Waals surface area contributed by atoms with Crippen LogP contribution >= 0.6 is 0 Å². The first-order valence-electron chi connectivity index (χ1n) is 25.9. The number of rotatable bonds is 6. The molecule has 1 spiro atoms. The molecular formula is C67H50N4. The van der Waals surface area contributed by atoms with Crippen LogP contribution in [0.5, 0.6) is 0 Å². The molecule has 17 rings (SSSR count). The Kier molecular flexibility index (Phi) is 8.24. The molecule has 338 valence electrons. The summed E-state index contributed by atoms with van der Waals surface area (Å²) in [6.45, 7) is 2.24. The molecule has 0 saturated heterocycles. The third kappa shape index (κ3) is 5.35. The van der Waals surface area contributed by atoms with E-state index in [0.717, 1.165) is 63.9 Å². The Morgan fingerprint density at radius 2 is 1.28 bits per heavy atom. The maximum absolute atomic E-state index is 5.43. The molecule has 4 nitrogen and oxygen atoms in total. The summed E-state index contributed by atoms with van der Waals surface area (Å²) in [7, 11) is 0. The van der Waals surface area contributed by atoms with Gasteiger partial charge in [-0.25, -0.2) is 9.97 Å². The highest BCUT2D eigenvalue weighted by Gasteiger charge is 2.66. The summed E-state index contributed by atoms with van der Waals surface area (Å²) in [6, 6.07) is 72.3. The topological polar surface area (TPSA) is 35.6 Å². The molecule has 4 heterocycles. The first-order chi connectivity index (χ1) is 35.2. The predicted octanol–water partition coefficient (Wildman–Crippen LogP) is 16.7. The number of para-hydroxylation sites is 1. The third-order valence-electron chi connectivity index (χ3n) is 17.9. The van der Waals surface area contributed by atoms with E-state index >= 15 is 0 Å². The zero-order chi connectivity index (χ0) is 46.5. The number of hydrogen-bond donors (Lipinski definition) is 0. The lowest BCUT2D eigenvalue weighted by Gasteiger charge is -2.43. The van der Waals surface area contributed by atoms with Crippen LogP contribution in [0.15, 0.2) is 200 Å². The second-order valence-electron chi connectivity index (χ2n) is 21.1. The normalized spacial score (nSPS) is 20.6. The van der Waals surface area contributed by atoms with Gasteiger partial charge in [-0.3, -0.25) is 4.57 Å². The molecule has 5 aliphatic carbocycles. The van der Waals surface area contributed by atoms with Crippen LogP contribution in [0.2, 0.25) is 0 Å². The van der Waals surface area contributed by atoms with Gasteiger partial charge in [0, 0.05) is 55.4 Å². The lowest BCUT2D eigenvalue weighted by Crippen LogP contribution is -2.40. The molecule has 4 heteroatoms. The van der Waals surface area contributed by atoms with Crippen molar-refractivity contribution >= 4 is 54.4 Å². The molecule has 0 aliphatic heterocycles. The lowest BCUT2D eigenvalue weighted by atomic mass is 9.59. The molecule has 5 aliphatic rings. The summed E-state index contributed by atoms with van der Waals surface area (Å²) >= 11 is 0. The average molecular weight is 911 g/mol. The molecular weight excluding hydrogens is 861 g/mol. The fraction of sp³-hybridized carbons (Fsp3) is 0.164. The van der Waals surface area contributed by atoms with Gasteiger partial charge in [-0.15, -0.1) is 0 Å². The van der Waals surface area contributed by atoms with Crippen molar-refractivity contribution in [2.24, 2.45) is 23.7 Å². The van der Waals surface area contributed by atoms with E-state index in [1.807, 2.05) is 0 Å². The Morgan fingerprint density at radius 1 is 0.521 bits per heavy atom. The summed E-state index contributed by atoms with van der Waals surface area (Å²) < 4.78 is 5.01. The quantitative estimate of drug-likeness (QED) is 0.167. The molecule has 0 radical (unpaired) electrons. The van der Waals surface area contributed by atoms with Gasteiger partial charge in [-0.2, -0.15) is 0 Å². The minimum atomic E-state index is 0.149. The average Bonchev–Trinajstić information content (AvgIpc) is 4.19. The van der Waals surface area contributed by atoms with Gasteiger partial charge in [0.05, 0.1) is 33.5 Å². The molecule has 0 N–H and O–H groups in total. The second-order valence-corrected chi connectivity index (χ2v) is 21.1. The summed E-state index contributed by atoms with van der Waals surface area (Å²) in [4.78, 5) is 10.9. The van der Waals surface area contributed by atoms with Gasteiger partial charge in [-0.05, 0) is 143 Å². The minimum Gasteiger partial charge on any atom is -0.309 e. The number of benzene rings is 8. The number of pyridine rings is 2. The number of hydrogen-bond acceptors (Lipinski definition) is 2. The molecule has 4 bridgehead atoms. The van der Waals surface area contributed by atoms with Crippen molar-refractivity contribution < 1.29 is 0 Å². The van der Waals surface area contributed by atoms with Crippen LogP contribution in [0, 0.1) is 23.7 Å². The van der Waals surface area contributed by atoms with Crippen molar-refractivity contribution in [2.45, 2.75) is 44.4 Å². The summed E-state index contributed by atoms with van der Waals surface area (Å²) in [6.07, 6.45) is 8.50. The molecule has 4 aromatic heterocycles. The van der Waals surface area contributed by atoms with E-state index in [1.165, 1.54) is 108 Å². The molecule has 71 heavy (non-hydrogen) atoms. The highest BCUT2D eigenvalue weighted by molar-refractivity contribution is 6.29. The van der Waals surface area contributed by atoms with Crippen molar-refractivity contribution in [1.29, 1.82) is 0 Å². The van der Waals surface area contributed by atoms with Gasteiger partial charge in [0.1, 0.15) is 5.82 Å². The van der Waals surface area contributed by atoms with E-state index in [-0.39, 0.29) is 5.41 Å². The van der Waals surface area contributed by atoms with E-state index in [4.69, 9.17) is 9.97 Å². The standard InChI is InChI=1S/C67H50N4/c1-2-48-54(41-15-5-3-6-16-41)38-59(43-18-7-4-8-19-43)69-64(48)44-26-32-62(68-39-44)71-61-31-29-52-51-22-12-14-24-60(51)70(66(52)63(61)53-28-25-42-17-9-10-20-49(42)65(53)71)47-27-30-57-55(37-47)50-21-11-13-23-56(50)67(57)46-34-40-33-45(36-46)58(67)35-40/h3-32,37-40,45-46,58H,2,33-36H2,1H3. The maximum atomic E-state index is 5.43. The van der Waals surface area contributed by atoms with Crippen LogP contribution in [-0.4, -0.2) is 19.1 Å². The minimum absolute atomic E-state index is 0.149. The Hall–Kier alpha value is -8.08. The Labute approximate surface area is 412 Å². The van der Waals surface area contributed by atoms with Crippen LogP contribution in [-0.2, 0) is 11.8 Å². The Bertz CT molecular complexity index is 4180. The highest BCUT2D eigenvalue weighted by atomic mass is 15.1. The monoisotopic (exact) mass is 910 g/mol. The molecule has 8 aromatic carbocycles. The predicted molar refractivity (Wildman–Crippen MR) is 293 cm³/mol. The SMILES string of the molecule is CCc1c(-c2ccccc2)cc(-c2ccccc2)nc1-c1ccc(-n2c3ccc4c5ccccc5n(-c5ccc6c(c5)-c5ccccc5C65C6CC7CC(C6)C5C7)c4c3c3ccc4ccccc4c32)nc1. The Morgan fingerprint density at radius 3 is 2.11 bits per heavy atom. The zero-order valence-electron chi connectivity index (χ0n) is 39.7. The van der Waals surface area contributed by atoms with E-state index in [9.17, 15) is 0 Å². The van der Waals surface area contributed by atoms with Gasteiger partial charge < -0.3 is 4.57 Å². The molecule has 4 saturated carbocycles. The largest absolute Gasteiger partial charge is 0.309 e. The number of aromatic nitrogens is 4. The van der Waals surface area contributed by atoms with Gasteiger partial charge in [0.2, 0.25) is 0 Å². The molecule has 5 atom stereocenters. The summed E-state index contributed by atoms with van der Waals surface area (Å²) in [5, 5.41) is 7.41. The maximum Gasteiger partial charge on any atom is 0.137 e. The van der Waals surface area contributed by atoms with E-state index in [1.54, 1.807) is 11.1 Å². The van der Waals surface area contributed by atoms with Crippen molar-refractivity contribution in [2.75, 3.05) is 0 Å². The number of nitrogens with zero attached hydrogens (tertiary/aromatic N) is 4. The summed E-state index contributed by atoms with van der Waals surface area (Å²) in [5.41, 5.74) is 19.9. The molecule has 4 fully saturated rings. The van der Waals surface area contributed by atoms with Crippen LogP contribution < -0.4 is 0 Å². The Balaban J connectivity index is 0.928. The van der Waals surface area contributed by atoms with Gasteiger partial charge in [0.25, 0.3) is 0 Å². The van der Waals surface area contributed by atoms with Crippen molar-refractivity contribution in [3.63, 3.8) is 0 Å². The van der Waals surface area contributed by atoms with E-state index in [0.29, 0.717) is 0 Å². The zero-order valence-corrected chi connectivity index (χ0v) is 39.7. The number of fused-ring (bicyclic) bond motifs is 12. The third-order valence-corrected chi connectivity index (χ3v) is 17.9. The van der Waals surface area contributed by atoms with Crippen LogP contribution in [0.4, 0.5) is 0 Å². The van der Waals surface area contributed by atoms with E-state index < -0.39 is 0 Å². The fourth-order valence-corrected chi connectivity index (χ4v) is 15.4. The van der Waals surface area contributed by atoms with Gasteiger partial charge in [-0.1, -0.05) is 159 Å². The highest BCUT2D eigenvalue weighted by Crippen LogP contribution is 2.73. The van der Waals surface area contributed by atoms with Crippen molar-refractivity contribution in [3.05, 3.63) is 217 Å². The molecule has 0 amide bonds. The van der Waals surface area contributed by atoms with Gasteiger partial charge >= 0.3 is 0 Å². The molecule has 12 aromatic rings. The van der Waals surface area contributed by atoms with Crippen LogP contribution in [0.25, 0.3) is 111 Å². The molecule has 5 unspecified atom stereocenters. The first-order valence-corrected chi connectivity index (χ1v) is 25.9. The lowest BCUT2D eigenvalue weighted by molar-refractivity contribution is 0.191. The van der Waals surface area contributed by atoms with Crippen LogP contribution in [0.3, 0.4) is 0 Å². The fourth-order valence-electron chi connectivity index (χ4n) is 15.4. The first kappa shape index (κ1) is 39.7. The van der Waals surface area contributed by atoms with Crippen LogP contribution in [0.1, 0.15) is 49.3 Å². The second kappa shape index (κ2) is 14.7.